The average Bonchev–Trinajstić information content (AvgIpc) is 3.03. The van der Waals surface area contributed by atoms with E-state index in [9.17, 15) is 13.2 Å². The smallest absolute Gasteiger partial charge is 0.297 e. The number of rotatable bonds is 4. The molecule has 1 amide bonds. The Morgan fingerprint density at radius 3 is 2.25 bits per heavy atom. The molecule has 0 spiro atoms. The Hall–Kier alpha value is -3.16. The quantitative estimate of drug-likeness (QED) is 0.545. The average molecular weight is 452 g/mol. The van der Waals surface area contributed by atoms with Crippen LogP contribution in [0.3, 0.4) is 0 Å². The van der Waals surface area contributed by atoms with Crippen molar-refractivity contribution >= 4 is 16.0 Å². The maximum atomic E-state index is 13.0. The molecule has 1 fully saturated rings. The Morgan fingerprint density at radius 1 is 0.906 bits per heavy atom. The molecule has 7 heteroatoms. The highest BCUT2D eigenvalue weighted by atomic mass is 32.2. The molecule has 0 saturated carbocycles. The van der Waals surface area contributed by atoms with Gasteiger partial charge in [0.05, 0.1) is 4.90 Å². The Morgan fingerprint density at radius 2 is 1.56 bits per heavy atom. The minimum absolute atomic E-state index is 0. The molecule has 0 N–H and O–H groups in total. The maximum absolute atomic E-state index is 13.0. The molecule has 1 saturated heterocycles. The van der Waals surface area contributed by atoms with Crippen molar-refractivity contribution in [2.45, 2.75) is 43.9 Å². The normalized spacial score (nSPS) is 21.1. The first kappa shape index (κ1) is 22.0. The molecule has 0 aliphatic carbocycles. The second-order valence-electron chi connectivity index (χ2n) is 7.80. The number of fused-ring (bicyclic) bond motifs is 3. The third-order valence-corrected chi connectivity index (χ3v) is 7.00. The van der Waals surface area contributed by atoms with Gasteiger partial charge in [0, 0.05) is 19.0 Å². The maximum Gasteiger partial charge on any atom is 0.297 e. The van der Waals surface area contributed by atoms with E-state index in [2.05, 4.69) is 0 Å². The van der Waals surface area contributed by atoms with Crippen LogP contribution in [0.5, 0.6) is 11.5 Å². The van der Waals surface area contributed by atoms with Crippen LogP contribution in [0.15, 0.2) is 83.8 Å². The van der Waals surface area contributed by atoms with Crippen molar-refractivity contribution in [1.29, 1.82) is 0 Å². The van der Waals surface area contributed by atoms with Crippen molar-refractivity contribution in [3.05, 3.63) is 90.0 Å². The Kier molecular flexibility index (Phi) is 6.04. The first-order chi connectivity index (χ1) is 15.0. The van der Waals surface area contributed by atoms with E-state index in [0.717, 1.165) is 16.9 Å². The zero-order valence-corrected chi connectivity index (χ0v) is 17.5. The van der Waals surface area contributed by atoms with Crippen molar-refractivity contribution in [3.8, 4) is 11.5 Å². The Balaban J connectivity index is 0.00000245. The summed E-state index contributed by atoms with van der Waals surface area (Å²) in [5.41, 5.74) is 1.93. The van der Waals surface area contributed by atoms with Gasteiger partial charge in [-0.1, -0.05) is 49.9 Å². The fraction of sp³-hybridized carbons (Fsp3) is 0.240. The summed E-state index contributed by atoms with van der Waals surface area (Å²) in [6.45, 7) is 0.381. The molecule has 2 unspecified atom stereocenters. The molecule has 3 heterocycles. The minimum atomic E-state index is -3.97. The highest BCUT2D eigenvalue weighted by Crippen LogP contribution is 2.31. The summed E-state index contributed by atoms with van der Waals surface area (Å²) in [6.07, 6.45) is 0.0253. The second-order valence-corrected chi connectivity index (χ2v) is 9.37. The highest BCUT2D eigenvalue weighted by Gasteiger charge is 2.43. The van der Waals surface area contributed by atoms with Crippen LogP contribution in [0, 0.1) is 0 Å². The van der Waals surface area contributed by atoms with Gasteiger partial charge in [-0.05, 0) is 53.9 Å². The fourth-order valence-electron chi connectivity index (χ4n) is 4.08. The molecule has 32 heavy (non-hydrogen) atoms. The molecule has 3 aromatic rings. The lowest BCUT2D eigenvalue weighted by Gasteiger charge is -2.25. The van der Waals surface area contributed by atoms with E-state index in [1.807, 2.05) is 54.6 Å². The molecular formula is C25H25NO5S. The number of hydrogen-bond donors (Lipinski definition) is 0. The molecule has 3 aliphatic rings. The van der Waals surface area contributed by atoms with E-state index in [1.165, 1.54) is 12.1 Å². The number of para-hydroxylation sites is 1. The SMILES string of the molecule is C.O=C1C2CC(Cc3ccc(cc3)S(=O)(=O)O2)N1Cc1ccc(Oc2ccccc2)cc1. The van der Waals surface area contributed by atoms with Crippen molar-refractivity contribution in [3.63, 3.8) is 0 Å². The summed E-state index contributed by atoms with van der Waals surface area (Å²) in [5.74, 6) is 1.17. The monoisotopic (exact) mass is 451 g/mol. The number of hydrogen-bond acceptors (Lipinski definition) is 5. The lowest BCUT2D eigenvalue weighted by molar-refractivity contribution is -0.134. The van der Waals surface area contributed by atoms with Gasteiger partial charge in [-0.3, -0.25) is 8.98 Å². The minimum Gasteiger partial charge on any atom is -0.457 e. The summed E-state index contributed by atoms with van der Waals surface area (Å²) in [7, 11) is -3.97. The van der Waals surface area contributed by atoms with Gasteiger partial charge in [0.2, 0.25) is 0 Å². The molecule has 6 rings (SSSR count). The zero-order valence-electron chi connectivity index (χ0n) is 16.7. The number of carbonyl (C=O) groups excluding carboxylic acids is 1. The van der Waals surface area contributed by atoms with Gasteiger partial charge in [0.25, 0.3) is 16.0 Å². The van der Waals surface area contributed by atoms with Gasteiger partial charge in [-0.25, -0.2) is 0 Å². The van der Waals surface area contributed by atoms with E-state index in [-0.39, 0.29) is 24.3 Å². The second kappa shape index (κ2) is 8.76. The van der Waals surface area contributed by atoms with Crippen LogP contribution in [0.25, 0.3) is 0 Å². The summed E-state index contributed by atoms with van der Waals surface area (Å²) in [6, 6.07) is 23.6. The zero-order chi connectivity index (χ0) is 21.4. The van der Waals surface area contributed by atoms with Gasteiger partial charge in [0.15, 0.2) is 6.10 Å². The summed E-state index contributed by atoms with van der Waals surface area (Å²) in [4.78, 5) is 14.8. The molecule has 3 aliphatic heterocycles. The summed E-state index contributed by atoms with van der Waals surface area (Å²) < 4.78 is 36.1. The number of ether oxygens (including phenoxy) is 1. The van der Waals surface area contributed by atoms with Crippen LogP contribution in [-0.2, 0) is 32.1 Å². The third-order valence-electron chi connectivity index (χ3n) is 5.67. The molecule has 2 atom stereocenters. The summed E-state index contributed by atoms with van der Waals surface area (Å²) in [5, 5.41) is 0. The van der Waals surface area contributed by atoms with E-state index >= 15 is 0 Å². The highest BCUT2D eigenvalue weighted by molar-refractivity contribution is 7.86. The van der Waals surface area contributed by atoms with E-state index in [0.29, 0.717) is 25.1 Å². The van der Waals surface area contributed by atoms with Crippen molar-refractivity contribution in [2.24, 2.45) is 0 Å². The lowest BCUT2D eigenvalue weighted by Crippen LogP contribution is -2.35. The van der Waals surface area contributed by atoms with Gasteiger partial charge < -0.3 is 9.64 Å². The predicted octanol–water partition coefficient (Wildman–Crippen LogP) is 4.55. The van der Waals surface area contributed by atoms with Crippen molar-refractivity contribution in [2.75, 3.05) is 0 Å². The molecule has 4 bridgehead atoms. The summed E-state index contributed by atoms with van der Waals surface area (Å²) >= 11 is 0. The van der Waals surface area contributed by atoms with Gasteiger partial charge in [0.1, 0.15) is 11.5 Å². The Labute approximate surface area is 188 Å². The van der Waals surface area contributed by atoms with Gasteiger partial charge in [-0.2, -0.15) is 8.42 Å². The van der Waals surface area contributed by atoms with Crippen molar-refractivity contribution < 1.29 is 22.1 Å². The van der Waals surface area contributed by atoms with E-state index in [4.69, 9.17) is 8.92 Å². The number of carbonyl (C=O) groups is 1. The standard InChI is InChI=1S/C24H21NO5S.CH4/c26-24-23-15-19(14-17-8-12-22(13-9-17)31(27,28)30-23)25(24)16-18-6-10-21(11-7-18)29-20-4-2-1-3-5-20;/h1-13,19,23H,14-16H2;1H4. The van der Waals surface area contributed by atoms with Crippen LogP contribution in [0.4, 0.5) is 0 Å². The topological polar surface area (TPSA) is 72.9 Å². The Bertz CT molecular complexity index is 1190. The molecule has 166 valence electrons. The van der Waals surface area contributed by atoms with Crippen LogP contribution < -0.4 is 4.74 Å². The van der Waals surface area contributed by atoms with Crippen molar-refractivity contribution in [1.82, 2.24) is 4.90 Å². The number of amides is 1. The molecule has 0 aromatic heterocycles. The van der Waals surface area contributed by atoms with E-state index in [1.54, 1.807) is 17.0 Å². The fourth-order valence-corrected chi connectivity index (χ4v) is 5.13. The number of nitrogens with zero attached hydrogens (tertiary/aromatic N) is 1. The van der Waals surface area contributed by atoms with Crippen LogP contribution in [0.1, 0.15) is 25.0 Å². The lowest BCUT2D eigenvalue weighted by atomic mass is 10.0. The number of likely N-dealkylation sites (tertiary alicyclic amines) is 1. The van der Waals surface area contributed by atoms with Gasteiger partial charge in [-0.15, -0.1) is 0 Å². The first-order valence-electron chi connectivity index (χ1n) is 10.1. The molecular weight excluding hydrogens is 426 g/mol. The van der Waals surface area contributed by atoms with E-state index < -0.39 is 16.2 Å². The van der Waals surface area contributed by atoms with Gasteiger partial charge >= 0.3 is 0 Å². The molecule has 6 nitrogen and oxygen atoms in total. The predicted molar refractivity (Wildman–Crippen MR) is 121 cm³/mol. The third kappa shape index (κ3) is 4.40. The molecule has 0 radical (unpaired) electrons. The largest absolute Gasteiger partial charge is 0.457 e. The molecule has 3 aromatic carbocycles. The van der Waals surface area contributed by atoms with Crippen LogP contribution in [0.2, 0.25) is 0 Å². The van der Waals surface area contributed by atoms with Crippen LogP contribution >= 0.6 is 0 Å². The first-order valence-corrected chi connectivity index (χ1v) is 11.5. The number of benzene rings is 3. The van der Waals surface area contributed by atoms with Crippen LogP contribution in [-0.4, -0.2) is 31.4 Å².